The maximum Gasteiger partial charge on any atom is 0.163 e. The maximum atomic E-state index is 12.2. The second-order valence-electron chi connectivity index (χ2n) is 4.65. The molecule has 0 bridgehead atoms. The molecular weight excluding hydrogens is 300 g/mol. The Morgan fingerprint density at radius 2 is 1.68 bits per heavy atom. The quantitative estimate of drug-likeness (QED) is 0.691. The van der Waals surface area contributed by atoms with Gasteiger partial charge < -0.3 is 0 Å². The molecule has 0 fully saturated rings. The van der Waals surface area contributed by atoms with E-state index in [9.17, 15) is 4.79 Å². The Balaban J connectivity index is 2.11. The van der Waals surface area contributed by atoms with Gasteiger partial charge in [0.15, 0.2) is 5.78 Å². The van der Waals surface area contributed by atoms with E-state index >= 15 is 0 Å². The van der Waals surface area contributed by atoms with Gasteiger partial charge in [0.1, 0.15) is 0 Å². The minimum atomic E-state index is 0.218. The standard InChI is InChI=1S/C17H17BrO/c1-2-13(14-8-10-16(18)11-9-14)12-17(19)15-6-4-3-5-7-15/h3-11,13H,2,12H2,1H3/t13-/m0/s1. The number of hydrogen-bond acceptors (Lipinski definition) is 1. The van der Waals surface area contributed by atoms with Crippen LogP contribution in [0.1, 0.15) is 41.6 Å². The molecule has 0 aliphatic heterocycles. The summed E-state index contributed by atoms with van der Waals surface area (Å²) >= 11 is 3.44. The highest BCUT2D eigenvalue weighted by atomic mass is 79.9. The number of carbonyl (C=O) groups excluding carboxylic acids is 1. The van der Waals surface area contributed by atoms with Gasteiger partial charge in [-0.05, 0) is 30.0 Å². The summed E-state index contributed by atoms with van der Waals surface area (Å²) in [5, 5.41) is 0. The van der Waals surface area contributed by atoms with Gasteiger partial charge in [-0.2, -0.15) is 0 Å². The van der Waals surface area contributed by atoms with E-state index in [0.29, 0.717) is 12.3 Å². The molecule has 2 heteroatoms. The predicted molar refractivity (Wildman–Crippen MR) is 82.6 cm³/mol. The van der Waals surface area contributed by atoms with E-state index in [-0.39, 0.29) is 5.78 Å². The van der Waals surface area contributed by atoms with Crippen molar-refractivity contribution in [3.05, 3.63) is 70.2 Å². The largest absolute Gasteiger partial charge is 0.294 e. The van der Waals surface area contributed by atoms with Crippen LogP contribution < -0.4 is 0 Å². The smallest absolute Gasteiger partial charge is 0.163 e. The molecule has 1 atom stereocenters. The third-order valence-electron chi connectivity index (χ3n) is 3.36. The summed E-state index contributed by atoms with van der Waals surface area (Å²) in [5.41, 5.74) is 2.04. The summed E-state index contributed by atoms with van der Waals surface area (Å²) in [6.45, 7) is 2.13. The average molecular weight is 317 g/mol. The molecule has 1 nitrogen and oxygen atoms in total. The Morgan fingerprint density at radius 1 is 1.05 bits per heavy atom. The SMILES string of the molecule is CC[C@@H](CC(=O)c1ccccc1)c1ccc(Br)cc1. The molecule has 2 aromatic rings. The molecule has 2 aromatic carbocycles. The first-order chi connectivity index (χ1) is 9.20. The molecule has 0 aromatic heterocycles. The summed E-state index contributed by atoms with van der Waals surface area (Å²) in [7, 11) is 0. The van der Waals surface area contributed by atoms with Crippen LogP contribution in [0.3, 0.4) is 0 Å². The highest BCUT2D eigenvalue weighted by Gasteiger charge is 2.15. The molecule has 0 saturated carbocycles. The van der Waals surface area contributed by atoms with Crippen LogP contribution >= 0.6 is 15.9 Å². The second-order valence-corrected chi connectivity index (χ2v) is 5.57. The van der Waals surface area contributed by atoms with Gasteiger partial charge in [-0.1, -0.05) is 65.3 Å². The highest BCUT2D eigenvalue weighted by molar-refractivity contribution is 9.10. The topological polar surface area (TPSA) is 17.1 Å². The van der Waals surface area contributed by atoms with Crippen molar-refractivity contribution >= 4 is 21.7 Å². The van der Waals surface area contributed by atoms with Gasteiger partial charge in [0.2, 0.25) is 0 Å². The van der Waals surface area contributed by atoms with Gasteiger partial charge in [0, 0.05) is 16.5 Å². The molecule has 98 valence electrons. The summed E-state index contributed by atoms with van der Waals surface area (Å²) < 4.78 is 1.07. The van der Waals surface area contributed by atoms with Gasteiger partial charge in [0.05, 0.1) is 0 Å². The van der Waals surface area contributed by atoms with Crippen molar-refractivity contribution in [2.45, 2.75) is 25.7 Å². The van der Waals surface area contributed by atoms with Gasteiger partial charge in [-0.15, -0.1) is 0 Å². The van der Waals surface area contributed by atoms with Crippen molar-refractivity contribution in [2.75, 3.05) is 0 Å². The van der Waals surface area contributed by atoms with E-state index in [1.807, 2.05) is 42.5 Å². The highest BCUT2D eigenvalue weighted by Crippen LogP contribution is 2.26. The van der Waals surface area contributed by atoms with Crippen molar-refractivity contribution in [1.29, 1.82) is 0 Å². The van der Waals surface area contributed by atoms with Gasteiger partial charge >= 0.3 is 0 Å². The first-order valence-corrected chi connectivity index (χ1v) is 7.33. The van der Waals surface area contributed by atoms with Crippen molar-refractivity contribution in [3.8, 4) is 0 Å². The zero-order valence-corrected chi connectivity index (χ0v) is 12.6. The van der Waals surface area contributed by atoms with E-state index in [2.05, 4.69) is 35.0 Å². The minimum absolute atomic E-state index is 0.218. The number of halogens is 1. The Morgan fingerprint density at radius 3 is 2.26 bits per heavy atom. The molecule has 0 unspecified atom stereocenters. The van der Waals surface area contributed by atoms with Crippen LogP contribution in [0.2, 0.25) is 0 Å². The van der Waals surface area contributed by atoms with E-state index in [1.54, 1.807) is 0 Å². The van der Waals surface area contributed by atoms with Gasteiger partial charge in [-0.3, -0.25) is 4.79 Å². The van der Waals surface area contributed by atoms with Gasteiger partial charge in [-0.25, -0.2) is 0 Å². The van der Waals surface area contributed by atoms with Crippen molar-refractivity contribution in [2.24, 2.45) is 0 Å². The molecule has 19 heavy (non-hydrogen) atoms. The van der Waals surface area contributed by atoms with Gasteiger partial charge in [0.25, 0.3) is 0 Å². The number of benzene rings is 2. The predicted octanol–water partition coefficient (Wildman–Crippen LogP) is 5.22. The molecule has 0 aliphatic rings. The Kier molecular flexibility index (Phi) is 4.92. The Bertz CT molecular complexity index is 531. The summed E-state index contributed by atoms with van der Waals surface area (Å²) in [4.78, 5) is 12.2. The normalized spacial score (nSPS) is 12.1. The first kappa shape index (κ1) is 14.0. The lowest BCUT2D eigenvalue weighted by molar-refractivity contribution is 0.0973. The maximum absolute atomic E-state index is 12.2. The van der Waals surface area contributed by atoms with E-state index in [0.717, 1.165) is 16.5 Å². The average Bonchev–Trinajstić information content (AvgIpc) is 2.46. The molecule has 0 saturated heterocycles. The fourth-order valence-electron chi connectivity index (χ4n) is 2.20. The van der Waals surface area contributed by atoms with Crippen LogP contribution in [0.25, 0.3) is 0 Å². The van der Waals surface area contributed by atoms with Crippen LogP contribution in [-0.2, 0) is 0 Å². The number of Topliss-reactive ketones (excluding diaryl/α,β-unsaturated/α-hetero) is 1. The van der Waals surface area contributed by atoms with E-state index in [1.165, 1.54) is 5.56 Å². The van der Waals surface area contributed by atoms with E-state index in [4.69, 9.17) is 0 Å². The fourth-order valence-corrected chi connectivity index (χ4v) is 2.46. The molecule has 0 aliphatic carbocycles. The zero-order chi connectivity index (χ0) is 13.7. The third kappa shape index (κ3) is 3.77. The van der Waals surface area contributed by atoms with Crippen LogP contribution in [-0.4, -0.2) is 5.78 Å². The van der Waals surface area contributed by atoms with Crippen LogP contribution in [0.15, 0.2) is 59.1 Å². The van der Waals surface area contributed by atoms with E-state index < -0.39 is 0 Å². The fraction of sp³-hybridized carbons (Fsp3) is 0.235. The van der Waals surface area contributed by atoms with Crippen molar-refractivity contribution in [1.82, 2.24) is 0 Å². The number of rotatable bonds is 5. The van der Waals surface area contributed by atoms with Crippen LogP contribution in [0, 0.1) is 0 Å². The number of ketones is 1. The molecule has 0 radical (unpaired) electrons. The number of carbonyl (C=O) groups is 1. The molecule has 2 rings (SSSR count). The molecule has 0 heterocycles. The van der Waals surface area contributed by atoms with Crippen LogP contribution in [0.5, 0.6) is 0 Å². The molecule has 0 amide bonds. The Labute approximate surface area is 122 Å². The monoisotopic (exact) mass is 316 g/mol. The summed E-state index contributed by atoms with van der Waals surface area (Å²) in [6.07, 6.45) is 1.54. The zero-order valence-electron chi connectivity index (χ0n) is 11.0. The third-order valence-corrected chi connectivity index (χ3v) is 3.89. The Hall–Kier alpha value is -1.41. The van der Waals surface area contributed by atoms with Crippen LogP contribution in [0.4, 0.5) is 0 Å². The molecule has 0 spiro atoms. The summed E-state index contributed by atoms with van der Waals surface area (Å²) in [6, 6.07) is 17.8. The first-order valence-electron chi connectivity index (χ1n) is 6.54. The lowest BCUT2D eigenvalue weighted by Crippen LogP contribution is -2.07. The lowest BCUT2D eigenvalue weighted by atomic mass is 9.90. The second kappa shape index (κ2) is 6.67. The lowest BCUT2D eigenvalue weighted by Gasteiger charge is -2.14. The van der Waals surface area contributed by atoms with Crippen molar-refractivity contribution in [3.63, 3.8) is 0 Å². The molecule has 0 N–H and O–H groups in total. The summed E-state index contributed by atoms with van der Waals surface area (Å²) in [5.74, 6) is 0.510. The molecular formula is C17H17BrO. The number of hydrogen-bond donors (Lipinski definition) is 0. The minimum Gasteiger partial charge on any atom is -0.294 e. The van der Waals surface area contributed by atoms with Crippen molar-refractivity contribution < 1.29 is 4.79 Å².